The van der Waals surface area contributed by atoms with Crippen molar-refractivity contribution in [2.75, 3.05) is 26.2 Å². The number of aryl methyl sites for hydroxylation is 1. The lowest BCUT2D eigenvalue weighted by atomic mass is 10.2. The Labute approximate surface area is 131 Å². The second kappa shape index (κ2) is 7.19. The van der Waals surface area contributed by atoms with Crippen molar-refractivity contribution in [3.63, 3.8) is 0 Å². The number of thiophene rings is 1. The van der Waals surface area contributed by atoms with Crippen LogP contribution < -0.4 is 4.72 Å². The zero-order valence-electron chi connectivity index (χ0n) is 12.6. The van der Waals surface area contributed by atoms with E-state index in [2.05, 4.69) is 16.5 Å². The third-order valence-electron chi connectivity index (χ3n) is 3.79. The number of likely N-dealkylation sites (tertiary alicyclic amines) is 1. The first-order valence-corrected chi connectivity index (χ1v) is 9.70. The topological polar surface area (TPSA) is 69.6 Å². The van der Waals surface area contributed by atoms with Crippen LogP contribution in [0.15, 0.2) is 10.3 Å². The Balaban J connectivity index is 1.95. The molecule has 1 fully saturated rings. The number of aliphatic hydroxyl groups excluding tert-OH is 1. The second-order valence-corrected chi connectivity index (χ2v) is 8.46. The Morgan fingerprint density at radius 3 is 2.71 bits per heavy atom. The van der Waals surface area contributed by atoms with Crippen molar-refractivity contribution < 1.29 is 13.5 Å². The number of sulfonamides is 1. The van der Waals surface area contributed by atoms with Crippen molar-refractivity contribution in [3.05, 3.63) is 15.8 Å². The summed E-state index contributed by atoms with van der Waals surface area (Å²) in [6.07, 6.45) is 2.48. The Kier molecular flexibility index (Phi) is 5.79. The average molecular weight is 332 g/mol. The van der Waals surface area contributed by atoms with E-state index >= 15 is 0 Å². The smallest absolute Gasteiger partial charge is 0.242 e. The molecule has 1 aromatic heterocycles. The van der Waals surface area contributed by atoms with Gasteiger partial charge in [-0.2, -0.15) is 0 Å². The fourth-order valence-electron chi connectivity index (χ4n) is 2.75. The molecule has 0 aromatic carbocycles. The van der Waals surface area contributed by atoms with Crippen LogP contribution in [0.4, 0.5) is 0 Å². The summed E-state index contributed by atoms with van der Waals surface area (Å²) in [6, 6.07) is 0. The molecular weight excluding hydrogens is 308 g/mol. The minimum Gasteiger partial charge on any atom is -0.391 e. The second-order valence-electron chi connectivity index (χ2n) is 5.79. The fraction of sp³-hybridized carbons (Fsp3) is 0.714. The van der Waals surface area contributed by atoms with Gasteiger partial charge in [0.05, 0.1) is 11.5 Å². The van der Waals surface area contributed by atoms with E-state index in [0.717, 1.165) is 19.6 Å². The van der Waals surface area contributed by atoms with Crippen molar-refractivity contribution >= 4 is 21.4 Å². The minimum atomic E-state index is -3.54. The normalized spacial score (nSPS) is 18.2. The first-order valence-electron chi connectivity index (χ1n) is 7.34. The molecule has 1 aliphatic rings. The summed E-state index contributed by atoms with van der Waals surface area (Å²) in [5, 5.41) is 11.0. The molecule has 2 heterocycles. The zero-order chi connectivity index (χ0) is 15.5. The van der Waals surface area contributed by atoms with Crippen LogP contribution in [-0.2, 0) is 16.6 Å². The molecule has 1 saturated heterocycles. The zero-order valence-corrected chi connectivity index (χ0v) is 14.3. The van der Waals surface area contributed by atoms with Gasteiger partial charge in [-0.25, -0.2) is 13.1 Å². The van der Waals surface area contributed by atoms with Crippen LogP contribution in [0.2, 0.25) is 0 Å². The number of hydrogen-bond acceptors (Lipinski definition) is 5. The molecule has 0 aliphatic carbocycles. The van der Waals surface area contributed by atoms with Gasteiger partial charge in [0.2, 0.25) is 10.0 Å². The van der Waals surface area contributed by atoms with Crippen molar-refractivity contribution in [2.45, 2.75) is 38.2 Å². The lowest BCUT2D eigenvalue weighted by molar-refractivity contribution is 0.282. The molecule has 1 unspecified atom stereocenters. The van der Waals surface area contributed by atoms with E-state index in [4.69, 9.17) is 0 Å². The van der Waals surface area contributed by atoms with Gasteiger partial charge in [0.25, 0.3) is 0 Å². The Hall–Kier alpha value is -0.470. The fourth-order valence-corrected chi connectivity index (χ4v) is 5.57. The molecule has 0 radical (unpaired) electrons. The highest BCUT2D eigenvalue weighted by molar-refractivity contribution is 7.89. The molecule has 0 saturated carbocycles. The minimum absolute atomic E-state index is 0.238. The maximum Gasteiger partial charge on any atom is 0.242 e. The highest BCUT2D eigenvalue weighted by atomic mass is 32.2. The molecule has 0 spiro atoms. The Morgan fingerprint density at radius 2 is 2.10 bits per heavy atom. The van der Waals surface area contributed by atoms with E-state index in [1.807, 2.05) is 0 Å². The highest BCUT2D eigenvalue weighted by Crippen LogP contribution is 2.26. The summed E-state index contributed by atoms with van der Waals surface area (Å²) in [5.41, 5.74) is 0.698. The van der Waals surface area contributed by atoms with Gasteiger partial charge in [-0.05, 0) is 49.7 Å². The predicted molar refractivity (Wildman–Crippen MR) is 85.0 cm³/mol. The van der Waals surface area contributed by atoms with E-state index in [1.54, 1.807) is 12.3 Å². The average Bonchev–Trinajstić information content (AvgIpc) is 3.06. The molecular formula is C14H24N2O3S2. The van der Waals surface area contributed by atoms with Crippen LogP contribution in [0, 0.1) is 12.8 Å². The van der Waals surface area contributed by atoms with Crippen molar-refractivity contribution in [1.82, 2.24) is 9.62 Å². The van der Waals surface area contributed by atoms with Gasteiger partial charge >= 0.3 is 0 Å². The number of rotatable bonds is 7. The van der Waals surface area contributed by atoms with Crippen LogP contribution in [0.1, 0.15) is 30.2 Å². The SMILES string of the molecule is Cc1csc(CO)c1S(=O)(=O)NCC(C)CN1CCCC1. The molecule has 21 heavy (non-hydrogen) atoms. The molecule has 0 amide bonds. The maximum absolute atomic E-state index is 12.4. The van der Waals surface area contributed by atoms with E-state index in [-0.39, 0.29) is 17.4 Å². The monoisotopic (exact) mass is 332 g/mol. The first kappa shape index (κ1) is 16.9. The van der Waals surface area contributed by atoms with Crippen molar-refractivity contribution in [2.24, 2.45) is 5.92 Å². The van der Waals surface area contributed by atoms with Crippen LogP contribution in [0.3, 0.4) is 0 Å². The summed E-state index contributed by atoms with van der Waals surface area (Å²) in [5.74, 6) is 0.273. The molecule has 0 bridgehead atoms. The number of nitrogens with one attached hydrogen (secondary N) is 1. The van der Waals surface area contributed by atoms with Gasteiger partial charge in [-0.3, -0.25) is 0 Å². The third kappa shape index (κ3) is 4.26. The van der Waals surface area contributed by atoms with Crippen LogP contribution in [0.5, 0.6) is 0 Å². The first-order chi connectivity index (χ1) is 9.94. The van der Waals surface area contributed by atoms with Gasteiger partial charge < -0.3 is 10.0 Å². The summed E-state index contributed by atoms with van der Waals surface area (Å²) in [6.45, 7) is 7.19. The maximum atomic E-state index is 12.4. The number of nitrogens with zero attached hydrogens (tertiary/aromatic N) is 1. The molecule has 5 nitrogen and oxygen atoms in total. The number of hydrogen-bond donors (Lipinski definition) is 2. The van der Waals surface area contributed by atoms with Crippen molar-refractivity contribution in [3.8, 4) is 0 Å². The third-order valence-corrected chi connectivity index (χ3v) is 6.66. The van der Waals surface area contributed by atoms with E-state index in [9.17, 15) is 13.5 Å². The summed E-state index contributed by atoms with van der Waals surface area (Å²) >= 11 is 1.29. The molecule has 1 aliphatic heterocycles. The number of aliphatic hydroxyl groups is 1. The largest absolute Gasteiger partial charge is 0.391 e. The molecule has 1 atom stereocenters. The lowest BCUT2D eigenvalue weighted by Crippen LogP contribution is -2.34. The molecule has 2 N–H and O–H groups in total. The standard InChI is InChI=1S/C14H24N2O3S2/c1-11(8-16-5-3-4-6-16)7-15-21(18,19)14-12(2)10-20-13(14)9-17/h10-11,15,17H,3-9H2,1-2H3. The van der Waals surface area contributed by atoms with Gasteiger partial charge in [0.15, 0.2) is 0 Å². The van der Waals surface area contributed by atoms with Crippen LogP contribution in [0.25, 0.3) is 0 Å². The van der Waals surface area contributed by atoms with Crippen LogP contribution >= 0.6 is 11.3 Å². The lowest BCUT2D eigenvalue weighted by Gasteiger charge is -2.20. The summed E-state index contributed by atoms with van der Waals surface area (Å²) in [7, 11) is -3.54. The van der Waals surface area contributed by atoms with E-state index in [1.165, 1.54) is 24.2 Å². The van der Waals surface area contributed by atoms with E-state index < -0.39 is 10.0 Å². The molecule has 1 aromatic rings. The summed E-state index contributed by atoms with van der Waals surface area (Å²) in [4.78, 5) is 3.14. The predicted octanol–water partition coefficient (Wildman–Crippen LogP) is 1.56. The van der Waals surface area contributed by atoms with Gasteiger partial charge in [-0.1, -0.05) is 6.92 Å². The highest BCUT2D eigenvalue weighted by Gasteiger charge is 2.23. The Bertz CT molecular complexity index is 563. The van der Waals surface area contributed by atoms with Gasteiger partial charge in [0.1, 0.15) is 4.90 Å². The Morgan fingerprint density at radius 1 is 1.43 bits per heavy atom. The van der Waals surface area contributed by atoms with Crippen molar-refractivity contribution in [1.29, 1.82) is 0 Å². The molecule has 120 valence electrons. The van der Waals surface area contributed by atoms with Gasteiger partial charge in [0, 0.05) is 13.1 Å². The molecule has 2 rings (SSSR count). The van der Waals surface area contributed by atoms with E-state index in [0.29, 0.717) is 17.0 Å². The quantitative estimate of drug-likeness (QED) is 0.795. The van der Waals surface area contributed by atoms with Crippen LogP contribution in [-0.4, -0.2) is 44.6 Å². The molecule has 7 heteroatoms. The summed E-state index contributed by atoms with van der Waals surface area (Å²) < 4.78 is 27.5. The van der Waals surface area contributed by atoms with Gasteiger partial charge in [-0.15, -0.1) is 11.3 Å².